The molecule has 82 valence electrons. The van der Waals surface area contributed by atoms with Gasteiger partial charge < -0.3 is 0 Å². The van der Waals surface area contributed by atoms with Crippen LogP contribution >= 0.6 is 0 Å². The van der Waals surface area contributed by atoms with Crippen LogP contribution in [0, 0.1) is 6.92 Å². The summed E-state index contributed by atoms with van der Waals surface area (Å²) in [6, 6.07) is 10.2. The highest BCUT2D eigenvalue weighted by molar-refractivity contribution is 5.84. The van der Waals surface area contributed by atoms with Crippen LogP contribution in [0.5, 0.6) is 0 Å². The van der Waals surface area contributed by atoms with Crippen LogP contribution in [0.2, 0.25) is 0 Å². The minimum absolute atomic E-state index is 0.982. The second kappa shape index (κ2) is 3.94. The van der Waals surface area contributed by atoms with Crippen molar-refractivity contribution in [1.82, 2.24) is 15.0 Å². The lowest BCUT2D eigenvalue weighted by Crippen LogP contribution is -1.89. The number of nitrogens with zero attached hydrogens (tertiary/aromatic N) is 3. The predicted octanol–water partition coefficient (Wildman–Crippen LogP) is 3.00. The van der Waals surface area contributed by atoms with E-state index >= 15 is 0 Å². The maximum absolute atomic E-state index is 4.36. The lowest BCUT2D eigenvalue weighted by atomic mass is 10.0. The number of aromatic nitrogens is 3. The van der Waals surface area contributed by atoms with Crippen molar-refractivity contribution in [3.63, 3.8) is 0 Å². The number of aryl methyl sites for hydroxylation is 1. The van der Waals surface area contributed by atoms with Crippen molar-refractivity contribution in [2.75, 3.05) is 0 Å². The summed E-state index contributed by atoms with van der Waals surface area (Å²) < 4.78 is 0. The van der Waals surface area contributed by atoms with Crippen molar-refractivity contribution in [3.05, 3.63) is 54.7 Å². The van der Waals surface area contributed by atoms with E-state index in [1.165, 1.54) is 0 Å². The minimum Gasteiger partial charge on any atom is -0.256 e. The Kier molecular flexibility index (Phi) is 2.29. The molecule has 3 heteroatoms. The lowest BCUT2D eigenvalue weighted by Gasteiger charge is -2.05. The second-order valence-corrected chi connectivity index (χ2v) is 3.93. The van der Waals surface area contributed by atoms with E-state index in [-0.39, 0.29) is 0 Å². The summed E-state index contributed by atoms with van der Waals surface area (Å²) in [7, 11) is 0. The molecule has 0 atom stereocenters. The number of benzene rings is 1. The van der Waals surface area contributed by atoms with E-state index in [1.807, 2.05) is 19.2 Å². The van der Waals surface area contributed by atoms with E-state index in [4.69, 9.17) is 0 Å². The normalized spacial score (nSPS) is 10.6. The van der Waals surface area contributed by atoms with Gasteiger partial charge in [0.1, 0.15) is 6.33 Å². The van der Waals surface area contributed by atoms with E-state index in [0.717, 1.165) is 27.7 Å². The summed E-state index contributed by atoms with van der Waals surface area (Å²) in [5, 5.41) is 1.14. The molecular weight excluding hydrogens is 210 g/mol. The van der Waals surface area contributed by atoms with Gasteiger partial charge in [-0.05, 0) is 24.6 Å². The summed E-state index contributed by atoms with van der Waals surface area (Å²) >= 11 is 0. The van der Waals surface area contributed by atoms with Crippen molar-refractivity contribution < 1.29 is 0 Å². The maximum atomic E-state index is 4.36. The Bertz CT molecular complexity index is 677. The molecule has 0 amide bonds. The van der Waals surface area contributed by atoms with Gasteiger partial charge in [0.05, 0.1) is 5.52 Å². The number of hydrogen-bond acceptors (Lipinski definition) is 3. The van der Waals surface area contributed by atoms with Crippen LogP contribution in [0.4, 0.5) is 0 Å². The molecular formula is C14H11N3. The average molecular weight is 221 g/mol. The summed E-state index contributed by atoms with van der Waals surface area (Å²) in [5.74, 6) is 0. The Balaban J connectivity index is 2.22. The zero-order valence-corrected chi connectivity index (χ0v) is 9.46. The molecule has 0 aliphatic heterocycles. The molecule has 3 rings (SSSR count). The highest BCUT2D eigenvalue weighted by Gasteiger charge is 2.03. The van der Waals surface area contributed by atoms with Crippen molar-refractivity contribution in [2.24, 2.45) is 0 Å². The van der Waals surface area contributed by atoms with Gasteiger partial charge in [-0.1, -0.05) is 18.2 Å². The first-order chi connectivity index (χ1) is 8.34. The van der Waals surface area contributed by atoms with Gasteiger partial charge in [0.15, 0.2) is 0 Å². The molecule has 0 saturated heterocycles. The molecule has 3 aromatic rings. The van der Waals surface area contributed by atoms with E-state index in [1.54, 1.807) is 12.5 Å². The predicted molar refractivity (Wildman–Crippen MR) is 67.5 cm³/mol. The third-order valence-electron chi connectivity index (χ3n) is 2.83. The molecule has 2 heterocycles. The molecule has 1 aromatic carbocycles. The Labute approximate surface area is 99.2 Å². The first-order valence-electron chi connectivity index (χ1n) is 5.46. The second-order valence-electron chi connectivity index (χ2n) is 3.93. The van der Waals surface area contributed by atoms with Crippen LogP contribution in [0.15, 0.2) is 49.1 Å². The topological polar surface area (TPSA) is 38.7 Å². The smallest absolute Gasteiger partial charge is 0.115 e. The van der Waals surface area contributed by atoms with E-state index in [9.17, 15) is 0 Å². The number of rotatable bonds is 1. The summed E-state index contributed by atoms with van der Waals surface area (Å²) in [6.07, 6.45) is 5.21. The highest BCUT2D eigenvalue weighted by Crippen LogP contribution is 2.24. The first kappa shape index (κ1) is 9.90. The van der Waals surface area contributed by atoms with Gasteiger partial charge in [-0.25, -0.2) is 9.97 Å². The summed E-state index contributed by atoms with van der Waals surface area (Å²) in [5.41, 5.74) is 4.14. The van der Waals surface area contributed by atoms with Crippen molar-refractivity contribution in [1.29, 1.82) is 0 Å². The van der Waals surface area contributed by atoms with Crippen molar-refractivity contribution >= 4 is 10.9 Å². The zero-order valence-electron chi connectivity index (χ0n) is 9.46. The van der Waals surface area contributed by atoms with Crippen LogP contribution in [0.1, 0.15) is 5.69 Å². The van der Waals surface area contributed by atoms with Gasteiger partial charge in [-0.2, -0.15) is 0 Å². The quantitative estimate of drug-likeness (QED) is 0.634. The molecule has 0 unspecified atom stereocenters. The fourth-order valence-electron chi connectivity index (χ4n) is 1.91. The first-order valence-corrected chi connectivity index (χ1v) is 5.46. The lowest BCUT2D eigenvalue weighted by molar-refractivity contribution is 1.11. The molecule has 0 N–H and O–H groups in total. The van der Waals surface area contributed by atoms with Gasteiger partial charge in [-0.15, -0.1) is 0 Å². The van der Waals surface area contributed by atoms with Crippen LogP contribution in [0.3, 0.4) is 0 Å². The highest BCUT2D eigenvalue weighted by atomic mass is 14.8. The van der Waals surface area contributed by atoms with E-state index in [2.05, 4.69) is 39.2 Å². The Hall–Kier alpha value is -2.29. The van der Waals surface area contributed by atoms with Crippen LogP contribution in [0.25, 0.3) is 22.0 Å². The average Bonchev–Trinajstić information content (AvgIpc) is 2.39. The molecule has 0 saturated carbocycles. The zero-order chi connectivity index (χ0) is 11.7. The summed E-state index contributed by atoms with van der Waals surface area (Å²) in [6.45, 7) is 1.99. The van der Waals surface area contributed by atoms with Crippen molar-refractivity contribution in [2.45, 2.75) is 6.92 Å². The van der Waals surface area contributed by atoms with Crippen LogP contribution in [-0.4, -0.2) is 15.0 Å². The standard InChI is InChI=1S/C14H11N3/c1-10-13(8-15-9-17-10)12-5-4-11-3-2-6-16-14(11)7-12/h2-9H,1H3. The molecule has 0 bridgehead atoms. The molecule has 2 aromatic heterocycles. The Morgan fingerprint density at radius 3 is 2.88 bits per heavy atom. The molecule has 0 radical (unpaired) electrons. The molecule has 3 nitrogen and oxygen atoms in total. The molecule has 0 aliphatic carbocycles. The van der Waals surface area contributed by atoms with Gasteiger partial charge >= 0.3 is 0 Å². The molecule has 0 aliphatic rings. The molecule has 17 heavy (non-hydrogen) atoms. The largest absolute Gasteiger partial charge is 0.256 e. The van der Waals surface area contributed by atoms with Gasteiger partial charge in [0.2, 0.25) is 0 Å². The fourth-order valence-corrected chi connectivity index (χ4v) is 1.91. The third-order valence-corrected chi connectivity index (χ3v) is 2.83. The van der Waals surface area contributed by atoms with Crippen LogP contribution < -0.4 is 0 Å². The van der Waals surface area contributed by atoms with Crippen LogP contribution in [-0.2, 0) is 0 Å². The fraction of sp³-hybridized carbons (Fsp3) is 0.0714. The number of pyridine rings is 1. The monoisotopic (exact) mass is 221 g/mol. The number of fused-ring (bicyclic) bond motifs is 1. The Morgan fingerprint density at radius 2 is 2.00 bits per heavy atom. The summed E-state index contributed by atoms with van der Waals surface area (Å²) in [4.78, 5) is 12.6. The molecule has 0 fully saturated rings. The maximum Gasteiger partial charge on any atom is 0.115 e. The Morgan fingerprint density at radius 1 is 1.06 bits per heavy atom. The van der Waals surface area contributed by atoms with Gasteiger partial charge in [0, 0.05) is 29.0 Å². The van der Waals surface area contributed by atoms with Crippen molar-refractivity contribution in [3.8, 4) is 11.1 Å². The van der Waals surface area contributed by atoms with Gasteiger partial charge in [0.25, 0.3) is 0 Å². The van der Waals surface area contributed by atoms with E-state index in [0.29, 0.717) is 0 Å². The third kappa shape index (κ3) is 1.76. The minimum atomic E-state index is 0.982. The van der Waals surface area contributed by atoms with E-state index < -0.39 is 0 Å². The number of hydrogen-bond donors (Lipinski definition) is 0. The SMILES string of the molecule is Cc1ncncc1-c1ccc2cccnc2c1. The van der Waals surface area contributed by atoms with Gasteiger partial charge in [-0.3, -0.25) is 4.98 Å². The molecule has 0 spiro atoms.